The Kier molecular flexibility index (Phi) is 4.18. The quantitative estimate of drug-likeness (QED) is 0.767. The average Bonchev–Trinajstić information content (AvgIpc) is 2.87. The van der Waals surface area contributed by atoms with Crippen LogP contribution in [0.4, 0.5) is 5.69 Å². The summed E-state index contributed by atoms with van der Waals surface area (Å²) in [5.74, 6) is 0.0581. The van der Waals surface area contributed by atoms with Gasteiger partial charge in [-0.15, -0.1) is 11.3 Å². The predicted molar refractivity (Wildman–Crippen MR) is 94.1 cm³/mol. The second kappa shape index (κ2) is 6.10. The van der Waals surface area contributed by atoms with Gasteiger partial charge in [0.2, 0.25) is 0 Å². The molecule has 0 aliphatic heterocycles. The molecule has 0 bridgehead atoms. The van der Waals surface area contributed by atoms with E-state index in [1.165, 1.54) is 21.2 Å². The van der Waals surface area contributed by atoms with Crippen LogP contribution in [-0.2, 0) is 22.1 Å². The van der Waals surface area contributed by atoms with Crippen molar-refractivity contribution in [3.63, 3.8) is 0 Å². The van der Waals surface area contributed by atoms with Crippen molar-refractivity contribution < 1.29 is 8.42 Å². The van der Waals surface area contributed by atoms with Crippen LogP contribution >= 0.6 is 11.3 Å². The van der Waals surface area contributed by atoms with Gasteiger partial charge in [-0.05, 0) is 29.1 Å². The van der Waals surface area contributed by atoms with E-state index in [0.29, 0.717) is 6.54 Å². The number of hydrogen-bond acceptors (Lipinski definition) is 4. The maximum absolute atomic E-state index is 11.5. The van der Waals surface area contributed by atoms with Gasteiger partial charge in [-0.25, -0.2) is 8.42 Å². The molecule has 0 aliphatic rings. The lowest BCUT2D eigenvalue weighted by Gasteiger charge is -2.10. The Morgan fingerprint density at radius 2 is 1.77 bits per heavy atom. The fourth-order valence-corrected chi connectivity index (χ4v) is 4.23. The second-order valence-electron chi connectivity index (χ2n) is 5.33. The van der Waals surface area contributed by atoms with Crippen molar-refractivity contribution in [2.75, 3.05) is 11.6 Å². The minimum absolute atomic E-state index is 0.0581. The van der Waals surface area contributed by atoms with E-state index in [-0.39, 0.29) is 5.75 Å². The highest BCUT2D eigenvalue weighted by Crippen LogP contribution is 2.26. The summed E-state index contributed by atoms with van der Waals surface area (Å²) < 4.78 is 24.3. The van der Waals surface area contributed by atoms with Crippen molar-refractivity contribution in [2.45, 2.75) is 12.3 Å². The third-order valence-electron chi connectivity index (χ3n) is 3.36. The molecule has 0 atom stereocenters. The highest BCUT2D eigenvalue weighted by Gasteiger charge is 2.09. The van der Waals surface area contributed by atoms with Gasteiger partial charge in [0.15, 0.2) is 9.84 Å². The van der Waals surface area contributed by atoms with E-state index in [2.05, 4.69) is 23.5 Å². The summed E-state index contributed by atoms with van der Waals surface area (Å²) in [5.41, 5.74) is 1.69. The topological polar surface area (TPSA) is 46.2 Å². The Hall–Kier alpha value is -1.85. The van der Waals surface area contributed by atoms with Gasteiger partial charge >= 0.3 is 0 Å². The van der Waals surface area contributed by atoms with Crippen LogP contribution in [0.3, 0.4) is 0 Å². The molecule has 22 heavy (non-hydrogen) atoms. The summed E-state index contributed by atoms with van der Waals surface area (Å²) in [6.45, 7) is 0.695. The molecule has 3 rings (SSSR count). The summed E-state index contributed by atoms with van der Waals surface area (Å²) >= 11 is 1.75. The van der Waals surface area contributed by atoms with Gasteiger partial charge in [0.05, 0.1) is 5.75 Å². The summed E-state index contributed by atoms with van der Waals surface area (Å²) in [6.07, 6.45) is 1.26. The largest absolute Gasteiger partial charge is 0.380 e. The van der Waals surface area contributed by atoms with Gasteiger partial charge in [-0.3, -0.25) is 0 Å². The van der Waals surface area contributed by atoms with E-state index >= 15 is 0 Å². The maximum atomic E-state index is 11.5. The first-order valence-electron chi connectivity index (χ1n) is 6.98. The van der Waals surface area contributed by atoms with Crippen molar-refractivity contribution in [2.24, 2.45) is 0 Å². The second-order valence-corrected chi connectivity index (χ2v) is 8.64. The molecule has 3 aromatic rings. The minimum Gasteiger partial charge on any atom is -0.380 e. The third kappa shape index (κ3) is 3.67. The molecule has 0 amide bonds. The molecule has 1 N–H and O–H groups in total. The van der Waals surface area contributed by atoms with Gasteiger partial charge in [0.25, 0.3) is 0 Å². The standard InChI is InChI=1S/C17H17NO2S2/c1-22(19,20)12-14-7-2-4-8-16(14)18-11-15-10-13-6-3-5-9-17(13)21-15/h2-10,18H,11-12H2,1H3. The monoisotopic (exact) mass is 331 g/mol. The molecule has 0 radical (unpaired) electrons. The van der Waals surface area contributed by atoms with E-state index in [4.69, 9.17) is 0 Å². The van der Waals surface area contributed by atoms with Gasteiger partial charge in [0.1, 0.15) is 0 Å². The van der Waals surface area contributed by atoms with Crippen molar-refractivity contribution in [1.82, 2.24) is 0 Å². The van der Waals surface area contributed by atoms with Crippen LogP contribution in [0.5, 0.6) is 0 Å². The molecular formula is C17H17NO2S2. The highest BCUT2D eigenvalue weighted by atomic mass is 32.2. The lowest BCUT2D eigenvalue weighted by Crippen LogP contribution is -2.06. The number of sulfone groups is 1. The summed E-state index contributed by atoms with van der Waals surface area (Å²) in [7, 11) is -3.04. The molecule has 0 aliphatic carbocycles. The van der Waals surface area contributed by atoms with Crippen LogP contribution in [-0.4, -0.2) is 14.7 Å². The van der Waals surface area contributed by atoms with Gasteiger partial charge < -0.3 is 5.32 Å². The molecule has 0 saturated heterocycles. The molecule has 0 unspecified atom stereocenters. The SMILES string of the molecule is CS(=O)(=O)Cc1ccccc1NCc1cc2ccccc2s1. The highest BCUT2D eigenvalue weighted by molar-refractivity contribution is 7.89. The number of thiophene rings is 1. The van der Waals surface area contributed by atoms with Gasteiger partial charge in [-0.1, -0.05) is 36.4 Å². The zero-order valence-corrected chi connectivity index (χ0v) is 13.9. The normalized spacial score (nSPS) is 11.7. The van der Waals surface area contributed by atoms with Crippen LogP contribution in [0.2, 0.25) is 0 Å². The summed E-state index contributed by atoms with van der Waals surface area (Å²) in [5, 5.41) is 4.60. The molecule has 3 nitrogen and oxygen atoms in total. The Balaban J connectivity index is 1.79. The number of rotatable bonds is 5. The van der Waals surface area contributed by atoms with E-state index in [1.807, 2.05) is 36.4 Å². The Morgan fingerprint density at radius 3 is 2.55 bits per heavy atom. The maximum Gasteiger partial charge on any atom is 0.151 e. The average molecular weight is 331 g/mol. The molecule has 114 valence electrons. The van der Waals surface area contributed by atoms with E-state index in [9.17, 15) is 8.42 Å². The fourth-order valence-electron chi connectivity index (χ4n) is 2.41. The first-order valence-corrected chi connectivity index (χ1v) is 9.86. The Labute approximate surface area is 134 Å². The number of para-hydroxylation sites is 1. The number of benzene rings is 2. The Morgan fingerprint density at radius 1 is 1.05 bits per heavy atom. The van der Waals surface area contributed by atoms with Crippen molar-refractivity contribution >= 4 is 36.9 Å². The van der Waals surface area contributed by atoms with E-state index in [0.717, 1.165) is 11.3 Å². The number of fused-ring (bicyclic) bond motifs is 1. The zero-order chi connectivity index (χ0) is 15.6. The predicted octanol–water partition coefficient (Wildman–Crippen LogP) is 4.06. The lowest BCUT2D eigenvalue weighted by molar-refractivity contribution is 0.601. The molecule has 0 fully saturated rings. The van der Waals surface area contributed by atoms with Crippen molar-refractivity contribution in [3.05, 3.63) is 65.0 Å². The minimum atomic E-state index is -3.04. The van der Waals surface area contributed by atoms with Gasteiger partial charge in [0, 0.05) is 28.1 Å². The van der Waals surface area contributed by atoms with Crippen LogP contribution in [0, 0.1) is 0 Å². The first kappa shape index (κ1) is 15.1. The lowest BCUT2D eigenvalue weighted by atomic mass is 10.2. The fraction of sp³-hybridized carbons (Fsp3) is 0.176. The van der Waals surface area contributed by atoms with Crippen LogP contribution in [0.15, 0.2) is 54.6 Å². The number of nitrogens with one attached hydrogen (secondary N) is 1. The van der Waals surface area contributed by atoms with Crippen LogP contribution in [0.1, 0.15) is 10.4 Å². The summed E-state index contributed by atoms with van der Waals surface area (Å²) in [6, 6.07) is 18.0. The van der Waals surface area contributed by atoms with Crippen LogP contribution in [0.25, 0.3) is 10.1 Å². The van der Waals surface area contributed by atoms with Gasteiger partial charge in [-0.2, -0.15) is 0 Å². The molecule has 0 saturated carbocycles. The third-order valence-corrected chi connectivity index (χ3v) is 5.32. The zero-order valence-electron chi connectivity index (χ0n) is 12.2. The van der Waals surface area contributed by atoms with Crippen LogP contribution < -0.4 is 5.32 Å². The smallest absolute Gasteiger partial charge is 0.151 e. The number of anilines is 1. The van der Waals surface area contributed by atoms with E-state index in [1.54, 1.807) is 11.3 Å². The van der Waals surface area contributed by atoms with Crippen molar-refractivity contribution in [3.8, 4) is 0 Å². The molecule has 0 spiro atoms. The molecule has 1 aromatic heterocycles. The molecule has 2 aromatic carbocycles. The summed E-state index contributed by atoms with van der Waals surface area (Å²) in [4.78, 5) is 1.23. The number of hydrogen-bond donors (Lipinski definition) is 1. The Bertz CT molecular complexity index is 865. The molecular weight excluding hydrogens is 314 g/mol. The van der Waals surface area contributed by atoms with Crippen molar-refractivity contribution in [1.29, 1.82) is 0 Å². The molecule has 1 heterocycles. The first-order chi connectivity index (χ1) is 10.5. The van der Waals surface area contributed by atoms with E-state index < -0.39 is 9.84 Å². The molecule has 5 heteroatoms.